The van der Waals surface area contributed by atoms with Crippen LogP contribution in [0.25, 0.3) is 0 Å². The summed E-state index contributed by atoms with van der Waals surface area (Å²) >= 11 is 19.6. The van der Waals surface area contributed by atoms with E-state index in [9.17, 15) is 20.3 Å². The molecule has 0 unspecified atom stereocenters. The van der Waals surface area contributed by atoms with Crippen molar-refractivity contribution in [3.63, 3.8) is 0 Å². The predicted octanol–water partition coefficient (Wildman–Crippen LogP) is 3.12. The SMILES string of the molecule is O=[N+]([O-])c1ccc([C@@H](O)[C@H](Br)[C@H](O)C(Cl)(Cl)Cl)cc1. The molecule has 106 valence electrons. The number of nitro benzene ring substituents is 1. The third-order valence-electron chi connectivity index (χ3n) is 2.38. The fourth-order valence-electron chi connectivity index (χ4n) is 1.33. The highest BCUT2D eigenvalue weighted by Gasteiger charge is 2.39. The van der Waals surface area contributed by atoms with E-state index in [4.69, 9.17) is 34.8 Å². The standard InChI is InChI=1S/C10H9BrCl3NO4/c11-7(9(17)10(12,13)14)8(16)5-1-3-6(4-2-5)15(18)19/h1-4,7-9,16-17H/t7-,8+,9-/m0/s1. The highest BCUT2D eigenvalue weighted by atomic mass is 79.9. The first kappa shape index (κ1) is 16.9. The lowest BCUT2D eigenvalue weighted by atomic mass is 10.0. The first-order valence-corrected chi connectivity index (χ1v) is 7.01. The van der Waals surface area contributed by atoms with Crippen molar-refractivity contribution in [2.24, 2.45) is 0 Å². The number of alkyl halides is 4. The Balaban J connectivity index is 2.88. The minimum Gasteiger partial charge on any atom is -0.387 e. The molecule has 0 saturated heterocycles. The Morgan fingerprint density at radius 2 is 1.68 bits per heavy atom. The van der Waals surface area contributed by atoms with Crippen molar-refractivity contribution in [1.82, 2.24) is 0 Å². The van der Waals surface area contributed by atoms with Gasteiger partial charge in [-0.2, -0.15) is 0 Å². The molecule has 1 aromatic carbocycles. The third kappa shape index (κ3) is 4.44. The average molecular weight is 393 g/mol. The number of halogens is 4. The summed E-state index contributed by atoms with van der Waals surface area (Å²) < 4.78 is -1.96. The van der Waals surface area contributed by atoms with E-state index in [-0.39, 0.29) is 5.69 Å². The number of hydrogen-bond donors (Lipinski definition) is 2. The van der Waals surface area contributed by atoms with Crippen LogP contribution in [0, 0.1) is 10.1 Å². The molecule has 19 heavy (non-hydrogen) atoms. The molecular weight excluding hydrogens is 384 g/mol. The molecule has 0 saturated carbocycles. The van der Waals surface area contributed by atoms with E-state index in [0.29, 0.717) is 5.56 Å². The molecule has 0 heterocycles. The fourth-order valence-corrected chi connectivity index (χ4v) is 2.90. The van der Waals surface area contributed by atoms with E-state index in [2.05, 4.69) is 15.9 Å². The number of nitrogens with zero attached hydrogens (tertiary/aromatic N) is 1. The van der Waals surface area contributed by atoms with Crippen LogP contribution >= 0.6 is 50.7 Å². The van der Waals surface area contributed by atoms with E-state index in [1.54, 1.807) is 0 Å². The number of aliphatic hydroxyl groups is 2. The summed E-state index contributed by atoms with van der Waals surface area (Å²) in [5, 5.41) is 30.2. The van der Waals surface area contributed by atoms with Crippen LogP contribution in [-0.2, 0) is 0 Å². The molecule has 0 bridgehead atoms. The van der Waals surface area contributed by atoms with Gasteiger partial charge in [0.1, 0.15) is 6.10 Å². The Hall–Kier alpha value is -0.110. The number of non-ortho nitro benzene ring substituents is 1. The summed E-state index contributed by atoms with van der Waals surface area (Å²) in [6, 6.07) is 5.20. The molecule has 0 radical (unpaired) electrons. The molecule has 1 aromatic rings. The fraction of sp³-hybridized carbons (Fsp3) is 0.400. The van der Waals surface area contributed by atoms with Gasteiger partial charge in [-0.15, -0.1) is 0 Å². The smallest absolute Gasteiger partial charge is 0.269 e. The Kier molecular flexibility index (Phi) is 5.85. The Bertz CT molecular complexity index is 451. The number of rotatable bonds is 4. The maximum atomic E-state index is 10.5. The van der Waals surface area contributed by atoms with Gasteiger partial charge in [0.2, 0.25) is 3.79 Å². The molecule has 0 amide bonds. The molecule has 0 aromatic heterocycles. The van der Waals surface area contributed by atoms with Gasteiger partial charge in [0, 0.05) is 12.1 Å². The minimum absolute atomic E-state index is 0.107. The largest absolute Gasteiger partial charge is 0.387 e. The number of benzene rings is 1. The minimum atomic E-state index is -1.96. The summed E-state index contributed by atoms with van der Waals surface area (Å²) in [6.07, 6.45) is -2.64. The van der Waals surface area contributed by atoms with Crippen LogP contribution in [0.1, 0.15) is 11.7 Å². The quantitative estimate of drug-likeness (QED) is 0.468. The van der Waals surface area contributed by atoms with Crippen molar-refractivity contribution in [3.05, 3.63) is 39.9 Å². The number of aliphatic hydroxyl groups excluding tert-OH is 2. The summed E-state index contributed by atoms with van der Waals surface area (Å²) in [7, 11) is 0. The van der Waals surface area contributed by atoms with Crippen molar-refractivity contribution in [3.8, 4) is 0 Å². The van der Waals surface area contributed by atoms with Crippen LogP contribution in [0.5, 0.6) is 0 Å². The zero-order valence-electron chi connectivity index (χ0n) is 9.21. The first-order chi connectivity index (χ1) is 8.64. The van der Waals surface area contributed by atoms with Crippen molar-refractivity contribution in [1.29, 1.82) is 0 Å². The van der Waals surface area contributed by atoms with Crippen LogP contribution in [0.2, 0.25) is 0 Å². The second-order valence-electron chi connectivity index (χ2n) is 3.72. The third-order valence-corrected chi connectivity index (χ3v) is 4.06. The molecule has 0 aliphatic heterocycles. The molecule has 5 nitrogen and oxygen atoms in total. The van der Waals surface area contributed by atoms with Gasteiger partial charge in [-0.3, -0.25) is 10.1 Å². The number of nitro groups is 1. The van der Waals surface area contributed by atoms with Crippen molar-refractivity contribution >= 4 is 56.4 Å². The molecular formula is C10H9BrCl3NO4. The van der Waals surface area contributed by atoms with Gasteiger partial charge < -0.3 is 10.2 Å². The maximum absolute atomic E-state index is 10.5. The first-order valence-electron chi connectivity index (χ1n) is 4.96. The zero-order chi connectivity index (χ0) is 14.8. The van der Waals surface area contributed by atoms with Gasteiger partial charge in [-0.25, -0.2) is 0 Å². The molecule has 9 heteroatoms. The molecule has 0 aliphatic rings. The second kappa shape index (κ2) is 6.56. The highest BCUT2D eigenvalue weighted by Crippen LogP contribution is 2.38. The van der Waals surface area contributed by atoms with E-state index in [1.807, 2.05) is 0 Å². The normalized spacial score (nSPS) is 16.7. The monoisotopic (exact) mass is 391 g/mol. The van der Waals surface area contributed by atoms with Crippen LogP contribution in [-0.4, -0.2) is 29.9 Å². The van der Waals surface area contributed by atoms with Crippen molar-refractivity contribution in [2.45, 2.75) is 20.8 Å². The molecule has 0 fully saturated rings. The number of hydrogen-bond acceptors (Lipinski definition) is 4. The van der Waals surface area contributed by atoms with E-state index in [1.165, 1.54) is 24.3 Å². The lowest BCUT2D eigenvalue weighted by molar-refractivity contribution is -0.384. The topological polar surface area (TPSA) is 83.6 Å². The molecule has 1 rings (SSSR count). The van der Waals surface area contributed by atoms with E-state index < -0.39 is 25.8 Å². The van der Waals surface area contributed by atoms with E-state index >= 15 is 0 Å². The maximum Gasteiger partial charge on any atom is 0.269 e. The Labute approximate surface area is 132 Å². The van der Waals surface area contributed by atoms with Gasteiger partial charge in [-0.05, 0) is 17.7 Å². The second-order valence-corrected chi connectivity index (χ2v) is 7.15. The predicted molar refractivity (Wildman–Crippen MR) is 77.1 cm³/mol. The van der Waals surface area contributed by atoms with Gasteiger partial charge in [-0.1, -0.05) is 50.7 Å². The van der Waals surface area contributed by atoms with Gasteiger partial charge in [0.15, 0.2) is 0 Å². The Morgan fingerprint density at radius 1 is 1.21 bits per heavy atom. The lowest BCUT2D eigenvalue weighted by Crippen LogP contribution is -2.37. The zero-order valence-corrected chi connectivity index (χ0v) is 13.1. The summed E-state index contributed by atoms with van der Waals surface area (Å²) in [5.41, 5.74) is 0.241. The summed E-state index contributed by atoms with van der Waals surface area (Å²) in [5.74, 6) is 0. The van der Waals surface area contributed by atoms with Crippen LogP contribution in [0.3, 0.4) is 0 Å². The summed E-state index contributed by atoms with van der Waals surface area (Å²) in [6.45, 7) is 0. The van der Waals surface area contributed by atoms with Crippen LogP contribution in [0.4, 0.5) is 5.69 Å². The molecule has 0 aliphatic carbocycles. The molecule has 2 N–H and O–H groups in total. The van der Waals surface area contributed by atoms with Gasteiger partial charge in [0.05, 0.1) is 15.9 Å². The van der Waals surface area contributed by atoms with Gasteiger partial charge >= 0.3 is 0 Å². The van der Waals surface area contributed by atoms with E-state index in [0.717, 1.165) is 0 Å². The van der Waals surface area contributed by atoms with Crippen molar-refractivity contribution < 1.29 is 15.1 Å². The lowest BCUT2D eigenvalue weighted by Gasteiger charge is -2.27. The summed E-state index contributed by atoms with van der Waals surface area (Å²) in [4.78, 5) is 9.00. The molecule has 3 atom stereocenters. The average Bonchev–Trinajstić information content (AvgIpc) is 2.35. The van der Waals surface area contributed by atoms with Crippen LogP contribution in [0.15, 0.2) is 24.3 Å². The van der Waals surface area contributed by atoms with Crippen LogP contribution < -0.4 is 0 Å². The Morgan fingerprint density at radius 3 is 2.05 bits per heavy atom. The van der Waals surface area contributed by atoms with Gasteiger partial charge in [0.25, 0.3) is 5.69 Å². The molecule has 0 spiro atoms. The van der Waals surface area contributed by atoms with Crippen molar-refractivity contribution in [2.75, 3.05) is 0 Å². The highest BCUT2D eigenvalue weighted by molar-refractivity contribution is 9.09.